The summed E-state index contributed by atoms with van der Waals surface area (Å²) in [7, 11) is 4.85. The Balaban J connectivity index is 0.951. The Labute approximate surface area is 325 Å². The van der Waals surface area contributed by atoms with E-state index in [-0.39, 0.29) is 41.0 Å². The zero-order chi connectivity index (χ0) is 39.4. The van der Waals surface area contributed by atoms with E-state index >= 15 is 0 Å². The fraction of sp³-hybridized carbons (Fsp3) is 0.810. The largest absolute Gasteiger partial charge is 0.469 e. The summed E-state index contributed by atoms with van der Waals surface area (Å²) in [6.07, 6.45) is 1.65. The maximum absolute atomic E-state index is 14.1. The summed E-state index contributed by atoms with van der Waals surface area (Å²) < 4.78 is 60.9. The molecule has 4 heterocycles. The number of Topliss-reactive ketones (excluding diaryl/α,β-unsaturated/α-hetero) is 2. The summed E-state index contributed by atoms with van der Waals surface area (Å²) in [5, 5.41) is 10.4. The molecular formula is C42H62O13. The number of aliphatic hydroxyl groups excluding tert-OH is 1. The van der Waals surface area contributed by atoms with Gasteiger partial charge in [0.15, 0.2) is 24.7 Å². The highest BCUT2D eigenvalue weighted by Crippen LogP contribution is 2.58. The predicted octanol–water partition coefficient (Wildman–Crippen LogP) is 5.11. The van der Waals surface area contributed by atoms with Crippen LogP contribution in [-0.4, -0.2) is 118 Å². The molecule has 0 amide bonds. The monoisotopic (exact) mass is 774 g/mol. The van der Waals surface area contributed by atoms with Gasteiger partial charge in [0, 0.05) is 64.9 Å². The van der Waals surface area contributed by atoms with Crippen molar-refractivity contribution >= 4 is 11.6 Å². The molecule has 1 N–H and O–H groups in total. The Morgan fingerprint density at radius 3 is 1.93 bits per heavy atom. The lowest BCUT2D eigenvalue weighted by Gasteiger charge is -2.54. The third-order valence-electron chi connectivity index (χ3n) is 14.0. The zero-order valence-electron chi connectivity index (χ0n) is 33.9. The van der Waals surface area contributed by atoms with Crippen LogP contribution in [0.25, 0.3) is 0 Å². The van der Waals surface area contributed by atoms with Crippen LogP contribution in [-0.2, 0) is 57.6 Å². The molecule has 0 aromatic carbocycles. The van der Waals surface area contributed by atoms with Crippen LogP contribution in [0, 0.1) is 24.2 Å². The van der Waals surface area contributed by atoms with Gasteiger partial charge in [0.25, 0.3) is 0 Å². The topological polar surface area (TPSA) is 151 Å². The molecule has 0 spiro atoms. The number of carbonyl (C=O) groups is 2. The lowest BCUT2D eigenvalue weighted by molar-refractivity contribution is -0.337. The summed E-state index contributed by atoms with van der Waals surface area (Å²) >= 11 is 0. The summed E-state index contributed by atoms with van der Waals surface area (Å²) in [6.45, 7) is 11.8. The second kappa shape index (κ2) is 16.3. The molecule has 17 atom stereocenters. The van der Waals surface area contributed by atoms with Crippen LogP contribution in [0.3, 0.4) is 0 Å². The van der Waals surface area contributed by atoms with Crippen LogP contribution in [0.2, 0.25) is 0 Å². The van der Waals surface area contributed by atoms with Crippen molar-refractivity contribution in [2.24, 2.45) is 17.3 Å². The van der Waals surface area contributed by atoms with Gasteiger partial charge in [-0.1, -0.05) is 18.6 Å². The van der Waals surface area contributed by atoms with Crippen molar-refractivity contribution in [1.82, 2.24) is 0 Å². The van der Waals surface area contributed by atoms with Gasteiger partial charge in [-0.15, -0.1) is 0 Å². The number of carbonyl (C=O) groups excluding carboxylic acids is 2. The fourth-order valence-corrected chi connectivity index (χ4v) is 10.7. The van der Waals surface area contributed by atoms with Crippen molar-refractivity contribution in [2.75, 3.05) is 21.3 Å². The van der Waals surface area contributed by atoms with Crippen LogP contribution < -0.4 is 0 Å². The van der Waals surface area contributed by atoms with E-state index in [2.05, 4.69) is 19.9 Å². The van der Waals surface area contributed by atoms with E-state index in [1.165, 1.54) is 5.57 Å². The Bertz CT molecular complexity index is 1560. The Morgan fingerprint density at radius 2 is 1.36 bits per heavy atom. The lowest BCUT2D eigenvalue weighted by Crippen LogP contribution is -2.57. The average molecular weight is 775 g/mol. The summed E-state index contributed by atoms with van der Waals surface area (Å²) in [5.74, 6) is 1.08. The summed E-state index contributed by atoms with van der Waals surface area (Å²) in [5.41, 5.74) is 1.23. The van der Waals surface area contributed by atoms with E-state index < -0.39 is 73.1 Å². The number of hydrogen-bond donors (Lipinski definition) is 1. The van der Waals surface area contributed by atoms with Crippen LogP contribution in [0.15, 0.2) is 28.4 Å². The number of furan rings is 1. The second-order valence-electron chi connectivity index (χ2n) is 17.2. The minimum atomic E-state index is -0.735. The predicted molar refractivity (Wildman–Crippen MR) is 197 cm³/mol. The molecule has 1 aromatic heterocycles. The maximum Gasteiger partial charge on any atom is 0.162 e. The van der Waals surface area contributed by atoms with Crippen molar-refractivity contribution in [2.45, 2.75) is 178 Å². The van der Waals surface area contributed by atoms with Crippen molar-refractivity contribution in [3.05, 3.63) is 35.3 Å². The second-order valence-corrected chi connectivity index (χ2v) is 17.2. The number of ether oxygens (including phenoxy) is 9. The van der Waals surface area contributed by atoms with Crippen LogP contribution in [0.1, 0.15) is 97.3 Å². The molecular weight excluding hydrogens is 712 g/mol. The van der Waals surface area contributed by atoms with Gasteiger partial charge in [0.05, 0.1) is 48.3 Å². The number of allylic oxidation sites excluding steroid dienone is 1. The smallest absolute Gasteiger partial charge is 0.162 e. The highest BCUT2D eigenvalue weighted by molar-refractivity contribution is 5.94. The molecule has 3 aliphatic carbocycles. The van der Waals surface area contributed by atoms with Gasteiger partial charge in [-0.3, -0.25) is 9.59 Å². The highest BCUT2D eigenvalue weighted by atomic mass is 16.7. The minimum Gasteiger partial charge on any atom is -0.469 e. The quantitative estimate of drug-likeness (QED) is 0.314. The molecule has 308 valence electrons. The minimum absolute atomic E-state index is 0.0457. The van der Waals surface area contributed by atoms with Crippen molar-refractivity contribution in [3.8, 4) is 0 Å². The lowest BCUT2D eigenvalue weighted by atomic mass is 9.49. The standard InChI is InChI=1S/C42H62O13/c1-21-27(13-15-49-21)41(5)14-12-28-26(40(41)45)11-10-25-16-30(29(43)20-42(25,28)6)53-34-18-32(47-8)38(23(3)51-34)55-36-19-33(48-9)39(24(4)52-36)54-35-17-31(46-7)37(44)22(2)50-35/h10,13,15,22-24,26,28,30-39,44H,11-12,14,16-20H2,1-9H3. The third-order valence-corrected chi connectivity index (χ3v) is 14.0. The number of aliphatic hydroxyl groups is 1. The SMILES string of the molecule is COC1CC(OC2C(C)OC(OC3C(C)OC(OC4CC5=CCC6C(=O)C(C)(c7ccoc7C)CCC6C5(C)CC4=O)CC3OC)CC2OC)OC(C)C1O. The van der Waals surface area contributed by atoms with Crippen LogP contribution >= 0.6 is 0 Å². The Hall–Kier alpha value is -2.04. The number of hydrogen-bond acceptors (Lipinski definition) is 13. The Morgan fingerprint density at radius 1 is 0.800 bits per heavy atom. The molecule has 2 saturated carbocycles. The zero-order valence-corrected chi connectivity index (χ0v) is 33.9. The first-order chi connectivity index (χ1) is 26.2. The van der Waals surface area contributed by atoms with Gasteiger partial charge < -0.3 is 52.2 Å². The molecule has 13 nitrogen and oxygen atoms in total. The molecule has 17 unspecified atom stereocenters. The molecule has 0 bridgehead atoms. The van der Waals surface area contributed by atoms with Crippen molar-refractivity contribution in [3.63, 3.8) is 0 Å². The van der Waals surface area contributed by atoms with E-state index in [1.807, 2.05) is 26.8 Å². The van der Waals surface area contributed by atoms with E-state index in [9.17, 15) is 14.7 Å². The molecule has 1 aromatic rings. The van der Waals surface area contributed by atoms with Crippen LogP contribution in [0.4, 0.5) is 0 Å². The molecule has 3 aliphatic heterocycles. The van der Waals surface area contributed by atoms with Crippen molar-refractivity contribution in [1.29, 1.82) is 0 Å². The average Bonchev–Trinajstić information content (AvgIpc) is 3.59. The molecule has 55 heavy (non-hydrogen) atoms. The molecule has 5 fully saturated rings. The summed E-state index contributed by atoms with van der Waals surface area (Å²) in [6, 6.07) is 1.94. The molecule has 6 aliphatic rings. The first kappa shape index (κ1) is 41.1. The van der Waals surface area contributed by atoms with Gasteiger partial charge in [0.1, 0.15) is 36.0 Å². The highest BCUT2D eigenvalue weighted by Gasteiger charge is 2.57. The van der Waals surface area contributed by atoms with Gasteiger partial charge in [0.2, 0.25) is 0 Å². The number of aryl methyl sites for hydroxylation is 1. The van der Waals surface area contributed by atoms with E-state index in [0.29, 0.717) is 38.5 Å². The van der Waals surface area contributed by atoms with Gasteiger partial charge >= 0.3 is 0 Å². The van der Waals surface area contributed by atoms with Crippen LogP contribution in [0.5, 0.6) is 0 Å². The first-order valence-corrected chi connectivity index (χ1v) is 20.2. The maximum atomic E-state index is 14.1. The van der Waals surface area contributed by atoms with Crippen molar-refractivity contribution < 1.29 is 61.7 Å². The fourth-order valence-electron chi connectivity index (χ4n) is 10.7. The number of ketones is 2. The molecule has 13 heteroatoms. The molecule has 0 radical (unpaired) electrons. The number of fused-ring (bicyclic) bond motifs is 3. The molecule has 7 rings (SSSR count). The number of rotatable bonds is 10. The third kappa shape index (κ3) is 7.68. The molecule has 3 saturated heterocycles. The van der Waals surface area contributed by atoms with E-state index in [4.69, 9.17) is 47.0 Å². The van der Waals surface area contributed by atoms with Gasteiger partial charge in [-0.2, -0.15) is 0 Å². The van der Waals surface area contributed by atoms with E-state index in [1.54, 1.807) is 34.5 Å². The normalized spacial score (nSPS) is 46.5. The Kier molecular flexibility index (Phi) is 12.2. The number of methoxy groups -OCH3 is 3. The van der Waals surface area contributed by atoms with E-state index in [0.717, 1.165) is 24.2 Å². The summed E-state index contributed by atoms with van der Waals surface area (Å²) in [4.78, 5) is 28.0. The van der Waals surface area contributed by atoms with Gasteiger partial charge in [-0.05, 0) is 71.3 Å². The first-order valence-electron chi connectivity index (χ1n) is 20.2. The van der Waals surface area contributed by atoms with Gasteiger partial charge in [-0.25, -0.2) is 0 Å².